The summed E-state index contributed by atoms with van der Waals surface area (Å²) in [7, 11) is 1.49. The molecule has 1 aromatic heterocycles. The minimum atomic E-state index is -0.0839. The molecule has 0 fully saturated rings. The smallest absolute Gasteiger partial charge is 0.165 e. The molecule has 4 heteroatoms. The second kappa shape index (κ2) is 3.21. The maximum atomic E-state index is 11.0. The number of methoxy groups -OCH3 is 1. The van der Waals surface area contributed by atoms with Crippen LogP contribution in [0.1, 0.15) is 17.3 Å². The Hall–Kier alpha value is -1.58. The van der Waals surface area contributed by atoms with Gasteiger partial charge in [0.15, 0.2) is 5.78 Å². The molecule has 1 rings (SSSR count). The SMILES string of the molecule is COc1cc(N)ncc1C(C)=O. The number of rotatable bonds is 2. The van der Waals surface area contributed by atoms with E-state index in [9.17, 15) is 4.79 Å². The van der Waals surface area contributed by atoms with Crippen molar-refractivity contribution in [3.05, 3.63) is 17.8 Å². The zero-order valence-corrected chi connectivity index (χ0v) is 7.00. The van der Waals surface area contributed by atoms with E-state index in [1.165, 1.54) is 26.3 Å². The predicted molar refractivity (Wildman–Crippen MR) is 45.2 cm³/mol. The number of hydrogen-bond donors (Lipinski definition) is 1. The normalized spacial score (nSPS) is 9.50. The predicted octanol–water partition coefficient (Wildman–Crippen LogP) is 0.875. The Morgan fingerprint density at radius 2 is 2.33 bits per heavy atom. The number of ketones is 1. The lowest BCUT2D eigenvalue weighted by atomic mass is 10.2. The Bertz CT molecular complexity index is 310. The third-order valence-corrected chi connectivity index (χ3v) is 1.49. The molecule has 0 radical (unpaired) electrons. The van der Waals surface area contributed by atoms with E-state index in [1.54, 1.807) is 0 Å². The van der Waals surface area contributed by atoms with Gasteiger partial charge in [-0.3, -0.25) is 4.79 Å². The lowest BCUT2D eigenvalue weighted by molar-refractivity contribution is 0.101. The molecule has 0 amide bonds. The Morgan fingerprint density at radius 3 is 2.83 bits per heavy atom. The van der Waals surface area contributed by atoms with E-state index >= 15 is 0 Å². The number of ether oxygens (including phenoxy) is 1. The van der Waals surface area contributed by atoms with Crippen LogP contribution in [0.4, 0.5) is 5.82 Å². The molecule has 12 heavy (non-hydrogen) atoms. The van der Waals surface area contributed by atoms with E-state index in [0.717, 1.165) is 0 Å². The second-order valence-corrected chi connectivity index (χ2v) is 2.37. The van der Waals surface area contributed by atoms with Crippen LogP contribution in [0, 0.1) is 0 Å². The van der Waals surface area contributed by atoms with Crippen LogP contribution < -0.4 is 10.5 Å². The van der Waals surface area contributed by atoms with Crippen molar-refractivity contribution in [1.29, 1.82) is 0 Å². The summed E-state index contributed by atoms with van der Waals surface area (Å²) in [6, 6.07) is 1.52. The molecular weight excluding hydrogens is 156 g/mol. The highest BCUT2D eigenvalue weighted by atomic mass is 16.5. The van der Waals surface area contributed by atoms with Gasteiger partial charge in [-0.25, -0.2) is 4.98 Å². The maximum absolute atomic E-state index is 11.0. The quantitative estimate of drug-likeness (QED) is 0.662. The van der Waals surface area contributed by atoms with Gasteiger partial charge in [-0.15, -0.1) is 0 Å². The molecule has 0 spiro atoms. The van der Waals surface area contributed by atoms with Crippen molar-refractivity contribution in [1.82, 2.24) is 4.98 Å². The summed E-state index contributed by atoms with van der Waals surface area (Å²) in [5.41, 5.74) is 5.85. The molecule has 0 unspecified atom stereocenters. The van der Waals surface area contributed by atoms with Gasteiger partial charge in [-0.2, -0.15) is 0 Å². The Morgan fingerprint density at radius 1 is 1.67 bits per heavy atom. The van der Waals surface area contributed by atoms with E-state index in [1.807, 2.05) is 0 Å². The van der Waals surface area contributed by atoms with Crippen molar-refractivity contribution >= 4 is 11.6 Å². The Kier molecular flexibility index (Phi) is 2.28. The molecule has 1 aromatic rings. The fourth-order valence-corrected chi connectivity index (χ4v) is 0.885. The lowest BCUT2D eigenvalue weighted by Crippen LogP contribution is -2.00. The van der Waals surface area contributed by atoms with Gasteiger partial charge >= 0.3 is 0 Å². The topological polar surface area (TPSA) is 65.2 Å². The molecule has 0 saturated carbocycles. The molecule has 0 aliphatic rings. The first-order valence-electron chi connectivity index (χ1n) is 3.45. The lowest BCUT2D eigenvalue weighted by Gasteiger charge is -2.04. The van der Waals surface area contributed by atoms with E-state index in [4.69, 9.17) is 10.5 Å². The molecule has 0 bridgehead atoms. The second-order valence-electron chi connectivity index (χ2n) is 2.37. The van der Waals surface area contributed by atoms with Crippen molar-refractivity contribution in [3.63, 3.8) is 0 Å². The minimum Gasteiger partial charge on any atom is -0.496 e. The molecule has 1 heterocycles. The molecule has 64 valence electrons. The van der Waals surface area contributed by atoms with Gasteiger partial charge in [0.1, 0.15) is 11.6 Å². The molecule has 4 nitrogen and oxygen atoms in total. The van der Waals surface area contributed by atoms with Gasteiger partial charge in [-0.1, -0.05) is 0 Å². The fraction of sp³-hybridized carbons (Fsp3) is 0.250. The van der Waals surface area contributed by atoms with Gasteiger partial charge in [0.2, 0.25) is 0 Å². The van der Waals surface area contributed by atoms with Crippen LogP contribution in [0.25, 0.3) is 0 Å². The van der Waals surface area contributed by atoms with Gasteiger partial charge in [0, 0.05) is 12.3 Å². The molecule has 0 saturated heterocycles. The zero-order chi connectivity index (χ0) is 9.14. The molecule has 0 atom stereocenters. The largest absolute Gasteiger partial charge is 0.496 e. The van der Waals surface area contributed by atoms with Crippen LogP contribution in [-0.2, 0) is 0 Å². The summed E-state index contributed by atoms with van der Waals surface area (Å²) in [4.78, 5) is 14.8. The van der Waals surface area contributed by atoms with Crippen molar-refractivity contribution in [2.75, 3.05) is 12.8 Å². The molecule has 2 N–H and O–H groups in total. The standard InChI is InChI=1S/C8H10N2O2/c1-5(11)6-4-10-8(9)3-7(6)12-2/h3-4H,1-2H3,(H2,9,10). The van der Waals surface area contributed by atoms with Gasteiger partial charge < -0.3 is 10.5 Å². The molecular formula is C8H10N2O2. The summed E-state index contributed by atoms with van der Waals surface area (Å²) >= 11 is 0. The van der Waals surface area contributed by atoms with Crippen LogP contribution in [0.3, 0.4) is 0 Å². The summed E-state index contributed by atoms with van der Waals surface area (Å²) in [5.74, 6) is 0.728. The summed E-state index contributed by atoms with van der Waals surface area (Å²) < 4.78 is 4.95. The molecule has 0 aliphatic carbocycles. The van der Waals surface area contributed by atoms with E-state index in [-0.39, 0.29) is 5.78 Å². The molecule has 0 aliphatic heterocycles. The number of hydrogen-bond acceptors (Lipinski definition) is 4. The van der Waals surface area contributed by atoms with Crippen molar-refractivity contribution < 1.29 is 9.53 Å². The minimum absolute atomic E-state index is 0.0839. The average Bonchev–Trinajstić information content (AvgIpc) is 2.03. The monoisotopic (exact) mass is 166 g/mol. The Labute approximate surface area is 70.4 Å². The summed E-state index contributed by atoms with van der Waals surface area (Å²) in [6.45, 7) is 1.45. The van der Waals surface area contributed by atoms with Crippen LogP contribution >= 0.6 is 0 Å². The number of Topliss-reactive ketones (excluding diaryl/α,β-unsaturated/α-hetero) is 1. The first kappa shape index (κ1) is 8.52. The summed E-state index contributed by atoms with van der Waals surface area (Å²) in [5, 5.41) is 0. The third-order valence-electron chi connectivity index (χ3n) is 1.49. The van der Waals surface area contributed by atoms with Crippen LogP contribution in [0.5, 0.6) is 5.75 Å². The average molecular weight is 166 g/mol. The molecule has 0 aromatic carbocycles. The van der Waals surface area contributed by atoms with E-state index in [2.05, 4.69) is 4.98 Å². The maximum Gasteiger partial charge on any atom is 0.165 e. The fourth-order valence-electron chi connectivity index (χ4n) is 0.885. The number of carbonyl (C=O) groups excluding carboxylic acids is 1. The van der Waals surface area contributed by atoms with Crippen molar-refractivity contribution in [3.8, 4) is 5.75 Å². The number of aromatic nitrogens is 1. The van der Waals surface area contributed by atoms with Crippen molar-refractivity contribution in [2.24, 2.45) is 0 Å². The highest BCUT2D eigenvalue weighted by molar-refractivity contribution is 5.96. The number of nitrogens with two attached hydrogens (primary N) is 1. The van der Waals surface area contributed by atoms with E-state index in [0.29, 0.717) is 17.1 Å². The zero-order valence-electron chi connectivity index (χ0n) is 7.00. The number of nitrogen functional groups attached to an aromatic ring is 1. The number of pyridine rings is 1. The Balaban J connectivity index is 3.20. The van der Waals surface area contributed by atoms with Crippen LogP contribution in [-0.4, -0.2) is 17.9 Å². The highest BCUT2D eigenvalue weighted by Crippen LogP contribution is 2.19. The van der Waals surface area contributed by atoms with Gasteiger partial charge in [0.25, 0.3) is 0 Å². The van der Waals surface area contributed by atoms with Gasteiger partial charge in [-0.05, 0) is 6.92 Å². The number of nitrogens with zero attached hydrogens (tertiary/aromatic N) is 1. The third kappa shape index (κ3) is 1.53. The summed E-state index contributed by atoms with van der Waals surface area (Å²) in [6.07, 6.45) is 1.41. The highest BCUT2D eigenvalue weighted by Gasteiger charge is 2.07. The van der Waals surface area contributed by atoms with Crippen LogP contribution in [0.2, 0.25) is 0 Å². The first-order valence-corrected chi connectivity index (χ1v) is 3.45. The van der Waals surface area contributed by atoms with Crippen molar-refractivity contribution in [2.45, 2.75) is 6.92 Å². The van der Waals surface area contributed by atoms with E-state index < -0.39 is 0 Å². The number of anilines is 1. The first-order chi connectivity index (χ1) is 5.65. The van der Waals surface area contributed by atoms with Gasteiger partial charge in [0.05, 0.1) is 12.7 Å². The van der Waals surface area contributed by atoms with Crippen LogP contribution in [0.15, 0.2) is 12.3 Å². The number of carbonyl (C=O) groups is 1.